The van der Waals surface area contributed by atoms with E-state index >= 15 is 0 Å². The molecule has 1 aliphatic rings. The SMILES string of the molecule is CNCCCOc1cccc(N2CCN(C)c3cc(N)ncc3C2=O)c1.c1ccsc1. The van der Waals surface area contributed by atoms with Crippen molar-refractivity contribution in [1.29, 1.82) is 0 Å². The number of carbonyl (C=O) groups is 1. The molecule has 4 rings (SSSR count). The lowest BCUT2D eigenvalue weighted by atomic mass is 10.2. The summed E-state index contributed by atoms with van der Waals surface area (Å²) in [6.07, 6.45) is 2.48. The van der Waals surface area contributed by atoms with Crippen LogP contribution >= 0.6 is 11.3 Å². The van der Waals surface area contributed by atoms with Gasteiger partial charge in [0.2, 0.25) is 0 Å². The molecule has 0 saturated heterocycles. The van der Waals surface area contributed by atoms with Crippen molar-refractivity contribution in [3.63, 3.8) is 0 Å². The predicted octanol–water partition coefficient (Wildman–Crippen LogP) is 3.50. The Hall–Kier alpha value is -3.10. The van der Waals surface area contributed by atoms with Crippen LogP contribution in [-0.4, -0.2) is 51.2 Å². The van der Waals surface area contributed by atoms with Gasteiger partial charge < -0.3 is 25.6 Å². The lowest BCUT2D eigenvalue weighted by Gasteiger charge is -2.22. The Labute approximate surface area is 187 Å². The highest BCUT2D eigenvalue weighted by Gasteiger charge is 2.26. The number of nitrogens with zero attached hydrogens (tertiary/aromatic N) is 3. The minimum Gasteiger partial charge on any atom is -0.493 e. The molecule has 0 fully saturated rings. The standard InChI is InChI=1S/C19H25N5O2.C4H4S/c1-21-7-4-10-26-15-6-3-5-14(11-15)24-9-8-23(2)17-12-18(20)22-13-16(17)19(24)25;1-2-4-5-3-1/h3,5-6,11-13,21H,4,7-10H2,1-2H3,(H2,20,22);1-4H. The third-order valence-corrected chi connectivity index (χ3v) is 5.47. The van der Waals surface area contributed by atoms with Crippen LogP contribution in [-0.2, 0) is 0 Å². The maximum atomic E-state index is 13.1. The van der Waals surface area contributed by atoms with Gasteiger partial charge in [0.05, 0.1) is 17.9 Å². The number of nitrogen functional groups attached to an aromatic ring is 1. The first-order valence-electron chi connectivity index (χ1n) is 10.2. The van der Waals surface area contributed by atoms with E-state index in [2.05, 4.69) is 10.3 Å². The van der Waals surface area contributed by atoms with Crippen LogP contribution in [0.5, 0.6) is 5.75 Å². The van der Waals surface area contributed by atoms with Gasteiger partial charge in [0.25, 0.3) is 5.91 Å². The zero-order valence-electron chi connectivity index (χ0n) is 18.0. The van der Waals surface area contributed by atoms with E-state index in [0.717, 1.165) is 30.1 Å². The Balaban J connectivity index is 0.000000478. The zero-order chi connectivity index (χ0) is 22.1. The second kappa shape index (κ2) is 11.3. The molecule has 7 nitrogen and oxygen atoms in total. The van der Waals surface area contributed by atoms with E-state index in [-0.39, 0.29) is 5.91 Å². The Morgan fingerprint density at radius 2 is 2.00 bits per heavy atom. The summed E-state index contributed by atoms with van der Waals surface area (Å²) < 4.78 is 5.80. The second-order valence-electron chi connectivity index (χ2n) is 7.10. The molecule has 164 valence electrons. The topological polar surface area (TPSA) is 83.7 Å². The highest BCUT2D eigenvalue weighted by molar-refractivity contribution is 7.07. The number of benzene rings is 1. The van der Waals surface area contributed by atoms with E-state index in [0.29, 0.717) is 31.1 Å². The van der Waals surface area contributed by atoms with Crippen LogP contribution in [0.2, 0.25) is 0 Å². The number of pyridine rings is 1. The van der Waals surface area contributed by atoms with E-state index in [1.165, 1.54) is 0 Å². The van der Waals surface area contributed by atoms with E-state index in [1.54, 1.807) is 28.5 Å². The van der Waals surface area contributed by atoms with Crippen LogP contribution in [0.25, 0.3) is 0 Å². The van der Waals surface area contributed by atoms with Gasteiger partial charge >= 0.3 is 0 Å². The first kappa shape index (κ1) is 22.6. The van der Waals surface area contributed by atoms with Gasteiger partial charge in [0.15, 0.2) is 0 Å². The normalized spacial score (nSPS) is 13.2. The Morgan fingerprint density at radius 3 is 2.71 bits per heavy atom. The molecule has 2 aromatic heterocycles. The van der Waals surface area contributed by atoms with Crippen LogP contribution in [0.3, 0.4) is 0 Å². The van der Waals surface area contributed by atoms with Gasteiger partial charge in [-0.25, -0.2) is 4.98 Å². The van der Waals surface area contributed by atoms with E-state index in [1.807, 2.05) is 66.2 Å². The monoisotopic (exact) mass is 439 g/mol. The van der Waals surface area contributed by atoms with E-state index < -0.39 is 0 Å². The molecular weight excluding hydrogens is 410 g/mol. The lowest BCUT2D eigenvalue weighted by molar-refractivity contribution is 0.0990. The molecule has 0 aliphatic carbocycles. The Bertz CT molecular complexity index is 947. The molecule has 31 heavy (non-hydrogen) atoms. The summed E-state index contributed by atoms with van der Waals surface area (Å²) >= 11 is 1.71. The Kier molecular flexibility index (Phi) is 8.26. The van der Waals surface area contributed by atoms with Gasteiger partial charge in [-0.1, -0.05) is 18.2 Å². The van der Waals surface area contributed by atoms with Crippen LogP contribution in [0.4, 0.5) is 17.2 Å². The van der Waals surface area contributed by atoms with Gasteiger partial charge in [0.1, 0.15) is 11.6 Å². The third kappa shape index (κ3) is 6.19. The first-order valence-corrected chi connectivity index (χ1v) is 11.2. The van der Waals surface area contributed by atoms with Crippen molar-refractivity contribution >= 4 is 34.4 Å². The molecule has 8 heteroatoms. The molecule has 1 aliphatic heterocycles. The molecule has 1 amide bonds. The summed E-state index contributed by atoms with van der Waals surface area (Å²) in [7, 11) is 3.87. The number of hydrogen-bond acceptors (Lipinski definition) is 7. The van der Waals surface area contributed by atoms with Crippen LogP contribution in [0.15, 0.2) is 59.4 Å². The highest BCUT2D eigenvalue weighted by atomic mass is 32.1. The van der Waals surface area contributed by atoms with Crippen molar-refractivity contribution in [2.45, 2.75) is 6.42 Å². The van der Waals surface area contributed by atoms with E-state index in [4.69, 9.17) is 10.5 Å². The number of nitrogens with two attached hydrogens (primary N) is 1. The number of likely N-dealkylation sites (N-methyl/N-ethyl adjacent to an activating group) is 1. The molecule has 1 aromatic carbocycles. The number of hydrogen-bond donors (Lipinski definition) is 2. The summed E-state index contributed by atoms with van der Waals surface area (Å²) in [5.41, 5.74) is 7.97. The number of fused-ring (bicyclic) bond motifs is 1. The maximum Gasteiger partial charge on any atom is 0.262 e. The van der Waals surface area contributed by atoms with Crippen molar-refractivity contribution in [3.05, 3.63) is 65.0 Å². The fraction of sp³-hybridized carbons (Fsp3) is 0.304. The molecule has 0 unspecified atom stereocenters. The van der Waals surface area contributed by atoms with Crippen LogP contribution in [0.1, 0.15) is 16.8 Å². The number of carbonyl (C=O) groups excluding carboxylic acids is 1. The van der Waals surface area contributed by atoms with Gasteiger partial charge in [-0.3, -0.25) is 4.79 Å². The largest absolute Gasteiger partial charge is 0.493 e. The molecule has 0 radical (unpaired) electrons. The fourth-order valence-corrected chi connectivity index (χ4v) is 3.67. The molecule has 3 aromatic rings. The third-order valence-electron chi connectivity index (χ3n) is 4.84. The van der Waals surface area contributed by atoms with Crippen LogP contribution < -0.4 is 25.6 Å². The zero-order valence-corrected chi connectivity index (χ0v) is 18.8. The van der Waals surface area contributed by atoms with Gasteiger partial charge in [-0.15, -0.1) is 0 Å². The minimum absolute atomic E-state index is 0.0795. The molecule has 0 bridgehead atoms. The van der Waals surface area contributed by atoms with Crippen molar-refractivity contribution in [2.75, 3.05) is 55.9 Å². The highest BCUT2D eigenvalue weighted by Crippen LogP contribution is 2.29. The molecule has 0 atom stereocenters. The maximum absolute atomic E-state index is 13.1. The van der Waals surface area contributed by atoms with Gasteiger partial charge in [-0.05, 0) is 42.9 Å². The molecular formula is C23H29N5O2S. The molecule has 3 heterocycles. The van der Waals surface area contributed by atoms with E-state index in [9.17, 15) is 4.79 Å². The second-order valence-corrected chi connectivity index (χ2v) is 7.92. The van der Waals surface area contributed by atoms with Crippen molar-refractivity contribution in [2.24, 2.45) is 0 Å². The van der Waals surface area contributed by atoms with Crippen LogP contribution in [0, 0.1) is 0 Å². The number of rotatable bonds is 6. The number of anilines is 3. The van der Waals surface area contributed by atoms with Gasteiger partial charge in [0, 0.05) is 44.2 Å². The average molecular weight is 440 g/mol. The number of thiophene rings is 1. The number of aromatic nitrogens is 1. The number of nitrogens with one attached hydrogen (secondary N) is 1. The lowest BCUT2D eigenvalue weighted by Crippen LogP contribution is -2.33. The number of amides is 1. The fourth-order valence-electron chi connectivity index (χ4n) is 3.21. The molecule has 0 saturated carbocycles. The average Bonchev–Trinajstić information content (AvgIpc) is 3.34. The van der Waals surface area contributed by atoms with Gasteiger partial charge in [-0.2, -0.15) is 11.3 Å². The molecule has 0 spiro atoms. The van der Waals surface area contributed by atoms with Crippen molar-refractivity contribution in [3.8, 4) is 5.75 Å². The first-order chi connectivity index (χ1) is 15.1. The predicted molar refractivity (Wildman–Crippen MR) is 128 cm³/mol. The van der Waals surface area contributed by atoms with Crippen molar-refractivity contribution in [1.82, 2.24) is 10.3 Å². The molecule has 3 N–H and O–H groups in total. The summed E-state index contributed by atoms with van der Waals surface area (Å²) in [5.74, 6) is 1.10. The summed E-state index contributed by atoms with van der Waals surface area (Å²) in [6, 6.07) is 13.4. The summed E-state index contributed by atoms with van der Waals surface area (Å²) in [6.45, 7) is 2.82. The number of ether oxygens (including phenoxy) is 1. The Morgan fingerprint density at radius 1 is 1.19 bits per heavy atom. The van der Waals surface area contributed by atoms with Crippen molar-refractivity contribution < 1.29 is 9.53 Å². The summed E-state index contributed by atoms with van der Waals surface area (Å²) in [5, 5.41) is 7.18. The smallest absolute Gasteiger partial charge is 0.262 e. The minimum atomic E-state index is -0.0795. The summed E-state index contributed by atoms with van der Waals surface area (Å²) in [4.78, 5) is 21.0. The quantitative estimate of drug-likeness (QED) is 0.572.